The molecule has 0 aliphatic heterocycles. The van der Waals surface area contributed by atoms with E-state index in [0.29, 0.717) is 0 Å². The monoisotopic (exact) mass is 225 g/mol. The van der Waals surface area contributed by atoms with Crippen molar-refractivity contribution in [2.24, 2.45) is 17.8 Å². The molecule has 2 saturated carbocycles. The number of nitrogens with one attached hydrogen (secondary N) is 1. The number of aliphatic carboxylic acids is 1. The molecule has 2 fully saturated rings. The fourth-order valence-electron chi connectivity index (χ4n) is 2.80. The molecule has 0 spiro atoms. The third kappa shape index (κ3) is 3.21. The second-order valence-electron chi connectivity index (χ2n) is 5.51. The summed E-state index contributed by atoms with van der Waals surface area (Å²) in [6.45, 7) is 2.28. The summed E-state index contributed by atoms with van der Waals surface area (Å²) in [4.78, 5) is 10.8. The Bertz CT molecular complexity index is 230. The van der Waals surface area contributed by atoms with E-state index < -0.39 is 5.97 Å². The molecule has 0 heterocycles. The summed E-state index contributed by atoms with van der Waals surface area (Å²) in [5.41, 5.74) is 0. The van der Waals surface area contributed by atoms with Gasteiger partial charge in [0.15, 0.2) is 0 Å². The van der Waals surface area contributed by atoms with Gasteiger partial charge in [0.2, 0.25) is 0 Å². The molecule has 3 nitrogen and oxygen atoms in total. The van der Waals surface area contributed by atoms with Crippen molar-refractivity contribution >= 4 is 5.97 Å². The first-order valence-electron chi connectivity index (χ1n) is 6.69. The molecule has 2 rings (SSSR count). The molecule has 0 amide bonds. The lowest BCUT2D eigenvalue weighted by molar-refractivity contribution is -0.143. The molecule has 0 aromatic heterocycles. The Morgan fingerprint density at radius 2 is 1.56 bits per heavy atom. The van der Waals surface area contributed by atoms with E-state index in [1.165, 1.54) is 25.8 Å². The van der Waals surface area contributed by atoms with Gasteiger partial charge in [-0.05, 0) is 63.5 Å². The summed E-state index contributed by atoms with van der Waals surface area (Å²) in [6, 6.07) is 0. The SMILES string of the molecule is O=C(O)C1CCC(CNCC2CCC2)CC1. The zero-order chi connectivity index (χ0) is 11.4. The minimum Gasteiger partial charge on any atom is -0.481 e. The van der Waals surface area contributed by atoms with Gasteiger partial charge in [-0.1, -0.05) is 6.42 Å². The van der Waals surface area contributed by atoms with Crippen molar-refractivity contribution in [3.63, 3.8) is 0 Å². The predicted octanol–water partition coefficient (Wildman–Crippen LogP) is 2.27. The van der Waals surface area contributed by atoms with E-state index in [0.717, 1.165) is 44.1 Å². The van der Waals surface area contributed by atoms with Gasteiger partial charge in [-0.2, -0.15) is 0 Å². The van der Waals surface area contributed by atoms with Crippen molar-refractivity contribution in [2.75, 3.05) is 13.1 Å². The van der Waals surface area contributed by atoms with E-state index in [2.05, 4.69) is 5.32 Å². The van der Waals surface area contributed by atoms with Crippen LogP contribution in [0.15, 0.2) is 0 Å². The van der Waals surface area contributed by atoms with E-state index >= 15 is 0 Å². The van der Waals surface area contributed by atoms with Crippen LogP contribution >= 0.6 is 0 Å². The van der Waals surface area contributed by atoms with E-state index in [4.69, 9.17) is 5.11 Å². The summed E-state index contributed by atoms with van der Waals surface area (Å²) in [7, 11) is 0. The number of rotatable bonds is 5. The van der Waals surface area contributed by atoms with Crippen LogP contribution in [0.1, 0.15) is 44.9 Å². The summed E-state index contributed by atoms with van der Waals surface area (Å²) in [6.07, 6.45) is 8.16. The van der Waals surface area contributed by atoms with Gasteiger partial charge >= 0.3 is 5.97 Å². The van der Waals surface area contributed by atoms with Crippen LogP contribution in [0.4, 0.5) is 0 Å². The van der Waals surface area contributed by atoms with Crippen LogP contribution in [0.3, 0.4) is 0 Å². The lowest BCUT2D eigenvalue weighted by Gasteiger charge is -2.29. The molecule has 2 N–H and O–H groups in total. The molecule has 0 bridgehead atoms. The maximum absolute atomic E-state index is 10.8. The summed E-state index contributed by atoms with van der Waals surface area (Å²) in [5.74, 6) is 0.981. The Balaban J connectivity index is 1.56. The molecule has 16 heavy (non-hydrogen) atoms. The first-order chi connectivity index (χ1) is 7.75. The Labute approximate surface area is 97.6 Å². The quantitative estimate of drug-likeness (QED) is 0.754. The van der Waals surface area contributed by atoms with Crippen molar-refractivity contribution in [2.45, 2.75) is 44.9 Å². The summed E-state index contributed by atoms with van der Waals surface area (Å²) in [5, 5.41) is 12.5. The average molecular weight is 225 g/mol. The van der Waals surface area contributed by atoms with Crippen molar-refractivity contribution in [3.05, 3.63) is 0 Å². The van der Waals surface area contributed by atoms with Gasteiger partial charge in [0.25, 0.3) is 0 Å². The zero-order valence-electron chi connectivity index (χ0n) is 9.95. The van der Waals surface area contributed by atoms with Crippen molar-refractivity contribution in [3.8, 4) is 0 Å². The molecule has 0 saturated heterocycles. The third-order valence-corrected chi connectivity index (χ3v) is 4.29. The largest absolute Gasteiger partial charge is 0.481 e. The molecular formula is C13H23NO2. The minimum atomic E-state index is -0.596. The number of carboxylic acids is 1. The van der Waals surface area contributed by atoms with Crippen molar-refractivity contribution in [1.29, 1.82) is 0 Å². The summed E-state index contributed by atoms with van der Waals surface area (Å²) >= 11 is 0. The lowest BCUT2D eigenvalue weighted by Crippen LogP contribution is -2.33. The van der Waals surface area contributed by atoms with Gasteiger partial charge in [0, 0.05) is 0 Å². The van der Waals surface area contributed by atoms with E-state index in [1.807, 2.05) is 0 Å². The smallest absolute Gasteiger partial charge is 0.306 e. The second-order valence-corrected chi connectivity index (χ2v) is 5.51. The molecule has 3 heteroatoms. The first-order valence-corrected chi connectivity index (χ1v) is 6.69. The number of hydrogen-bond acceptors (Lipinski definition) is 2. The van der Waals surface area contributed by atoms with E-state index in [9.17, 15) is 4.79 Å². The Kier molecular flexibility index (Phi) is 4.22. The average Bonchev–Trinajstić information content (AvgIpc) is 2.22. The standard InChI is InChI=1S/C13H23NO2/c15-13(16)12-6-4-11(5-7-12)9-14-8-10-2-1-3-10/h10-12,14H,1-9H2,(H,15,16). The van der Waals surface area contributed by atoms with Crippen LogP contribution < -0.4 is 5.32 Å². The van der Waals surface area contributed by atoms with Gasteiger partial charge in [-0.15, -0.1) is 0 Å². The molecule has 0 radical (unpaired) electrons. The maximum atomic E-state index is 10.8. The van der Waals surface area contributed by atoms with Crippen molar-refractivity contribution < 1.29 is 9.90 Å². The minimum absolute atomic E-state index is 0.0668. The number of carboxylic acid groups (broad SMARTS) is 1. The van der Waals surface area contributed by atoms with Crippen LogP contribution in [-0.4, -0.2) is 24.2 Å². The highest BCUT2D eigenvalue weighted by Gasteiger charge is 2.25. The third-order valence-electron chi connectivity index (χ3n) is 4.29. The topological polar surface area (TPSA) is 49.3 Å². The molecular weight excluding hydrogens is 202 g/mol. The van der Waals surface area contributed by atoms with Gasteiger partial charge in [-0.25, -0.2) is 0 Å². The molecule has 0 atom stereocenters. The van der Waals surface area contributed by atoms with Crippen molar-refractivity contribution in [1.82, 2.24) is 5.32 Å². The highest BCUT2D eigenvalue weighted by molar-refractivity contribution is 5.69. The van der Waals surface area contributed by atoms with Crippen LogP contribution in [0.2, 0.25) is 0 Å². The summed E-state index contributed by atoms with van der Waals surface area (Å²) < 4.78 is 0. The van der Waals surface area contributed by atoms with Gasteiger partial charge in [-0.3, -0.25) is 4.79 Å². The van der Waals surface area contributed by atoms with Gasteiger partial charge in [0.05, 0.1) is 5.92 Å². The molecule has 0 unspecified atom stereocenters. The number of hydrogen-bond donors (Lipinski definition) is 2. The Hall–Kier alpha value is -0.570. The second kappa shape index (κ2) is 5.67. The van der Waals surface area contributed by atoms with E-state index in [1.54, 1.807) is 0 Å². The maximum Gasteiger partial charge on any atom is 0.306 e. The highest BCUT2D eigenvalue weighted by Crippen LogP contribution is 2.29. The fraction of sp³-hybridized carbons (Fsp3) is 0.923. The van der Waals surface area contributed by atoms with Crippen LogP contribution in [0, 0.1) is 17.8 Å². The fourth-order valence-corrected chi connectivity index (χ4v) is 2.80. The molecule has 0 aromatic rings. The van der Waals surface area contributed by atoms with Gasteiger partial charge < -0.3 is 10.4 Å². The van der Waals surface area contributed by atoms with Crippen LogP contribution in [0.5, 0.6) is 0 Å². The van der Waals surface area contributed by atoms with E-state index in [-0.39, 0.29) is 5.92 Å². The first kappa shape index (κ1) is 11.9. The normalized spacial score (nSPS) is 31.0. The molecule has 0 aromatic carbocycles. The number of carbonyl (C=O) groups is 1. The van der Waals surface area contributed by atoms with Gasteiger partial charge in [0.1, 0.15) is 0 Å². The Morgan fingerprint density at radius 3 is 2.00 bits per heavy atom. The predicted molar refractivity (Wildman–Crippen MR) is 63.3 cm³/mol. The molecule has 92 valence electrons. The lowest BCUT2D eigenvalue weighted by atomic mass is 9.81. The van der Waals surface area contributed by atoms with Crippen LogP contribution in [-0.2, 0) is 4.79 Å². The van der Waals surface area contributed by atoms with Crippen LogP contribution in [0.25, 0.3) is 0 Å². The molecule has 2 aliphatic carbocycles. The zero-order valence-corrected chi connectivity index (χ0v) is 9.95. The highest BCUT2D eigenvalue weighted by atomic mass is 16.4. The molecule has 2 aliphatic rings. The Morgan fingerprint density at radius 1 is 1.00 bits per heavy atom.